The molecule has 1 aromatic rings. The van der Waals surface area contributed by atoms with Gasteiger partial charge >= 0.3 is 0 Å². The van der Waals surface area contributed by atoms with Gasteiger partial charge in [-0.25, -0.2) is 0 Å². The van der Waals surface area contributed by atoms with Crippen LogP contribution in [0.4, 0.5) is 0 Å². The molecule has 0 aliphatic carbocycles. The lowest BCUT2D eigenvalue weighted by Crippen LogP contribution is -2.48. The molecule has 1 amide bonds. The molecule has 5 heteroatoms. The zero-order valence-electron chi connectivity index (χ0n) is 11.1. The molecule has 2 N–H and O–H groups in total. The molecule has 1 atom stereocenters. The summed E-state index contributed by atoms with van der Waals surface area (Å²) < 4.78 is 0. The van der Waals surface area contributed by atoms with Gasteiger partial charge in [-0.1, -0.05) is 37.0 Å². The van der Waals surface area contributed by atoms with E-state index in [-0.39, 0.29) is 11.8 Å². The second-order valence-electron chi connectivity index (χ2n) is 5.30. The Bertz CT molecular complexity index is 502. The number of nitrogens with two attached hydrogens (primary N) is 1. The van der Waals surface area contributed by atoms with Crippen LogP contribution in [0.5, 0.6) is 0 Å². The van der Waals surface area contributed by atoms with Crippen molar-refractivity contribution in [3.05, 3.63) is 33.3 Å². The summed E-state index contributed by atoms with van der Waals surface area (Å²) in [5.41, 5.74) is 8.04. The normalized spacial score (nSPS) is 16.4. The molecule has 19 heavy (non-hydrogen) atoms. The highest BCUT2D eigenvalue weighted by Crippen LogP contribution is 2.30. The Hall–Kier alpha value is -0.770. The number of carbonyl (C=O) groups excluding carboxylic acids is 1. The minimum absolute atomic E-state index is 0.00772. The van der Waals surface area contributed by atoms with E-state index in [1.807, 2.05) is 19.9 Å². The zero-order valence-corrected chi connectivity index (χ0v) is 12.6. The van der Waals surface area contributed by atoms with E-state index in [9.17, 15) is 4.79 Å². The molecule has 0 unspecified atom stereocenters. The average molecular weight is 301 g/mol. The van der Waals surface area contributed by atoms with E-state index in [1.54, 1.807) is 11.0 Å². The van der Waals surface area contributed by atoms with Crippen molar-refractivity contribution in [2.75, 3.05) is 6.54 Å². The van der Waals surface area contributed by atoms with Crippen molar-refractivity contribution in [2.45, 2.75) is 32.9 Å². The van der Waals surface area contributed by atoms with Gasteiger partial charge in [0.2, 0.25) is 5.91 Å². The highest BCUT2D eigenvalue weighted by molar-refractivity contribution is 6.35. The minimum atomic E-state index is -0.451. The summed E-state index contributed by atoms with van der Waals surface area (Å²) in [6, 6.07) is 3.19. The molecule has 0 fully saturated rings. The lowest BCUT2D eigenvalue weighted by Gasteiger charge is -2.32. The van der Waals surface area contributed by atoms with Gasteiger partial charge in [-0.05, 0) is 35.6 Å². The highest BCUT2D eigenvalue weighted by Gasteiger charge is 2.27. The van der Waals surface area contributed by atoms with E-state index in [1.165, 1.54) is 0 Å². The van der Waals surface area contributed by atoms with E-state index in [4.69, 9.17) is 28.9 Å². The van der Waals surface area contributed by atoms with Crippen LogP contribution in [0.25, 0.3) is 0 Å². The summed E-state index contributed by atoms with van der Waals surface area (Å²) in [7, 11) is 0. The number of carbonyl (C=O) groups is 1. The van der Waals surface area contributed by atoms with Gasteiger partial charge in [0.15, 0.2) is 0 Å². The SMILES string of the molecule is CC(C)[C@H](N)C(=O)N1CCc2cc(Cl)cc(Cl)c2C1. The van der Waals surface area contributed by atoms with E-state index in [0.717, 1.165) is 17.5 Å². The van der Waals surface area contributed by atoms with Gasteiger partial charge in [0, 0.05) is 23.1 Å². The van der Waals surface area contributed by atoms with Gasteiger partial charge in [0.25, 0.3) is 0 Å². The van der Waals surface area contributed by atoms with Gasteiger partial charge in [0.1, 0.15) is 0 Å². The molecule has 3 nitrogen and oxygen atoms in total. The zero-order chi connectivity index (χ0) is 14.2. The summed E-state index contributed by atoms with van der Waals surface area (Å²) in [5, 5.41) is 1.26. The Balaban J connectivity index is 2.21. The first-order valence-corrected chi connectivity index (χ1v) is 7.17. The van der Waals surface area contributed by atoms with Gasteiger partial charge < -0.3 is 10.6 Å². The molecule has 2 rings (SSSR count). The molecule has 1 aromatic carbocycles. The first-order chi connectivity index (χ1) is 8.90. The van der Waals surface area contributed by atoms with Crippen LogP contribution in [-0.4, -0.2) is 23.4 Å². The van der Waals surface area contributed by atoms with E-state index in [2.05, 4.69) is 0 Å². The van der Waals surface area contributed by atoms with Gasteiger partial charge in [-0.15, -0.1) is 0 Å². The maximum atomic E-state index is 12.3. The van der Waals surface area contributed by atoms with Crippen molar-refractivity contribution in [2.24, 2.45) is 11.7 Å². The molecule has 0 radical (unpaired) electrons. The van der Waals surface area contributed by atoms with Crippen LogP contribution >= 0.6 is 23.2 Å². The van der Waals surface area contributed by atoms with Crippen LogP contribution in [0.2, 0.25) is 10.0 Å². The fraction of sp³-hybridized carbons (Fsp3) is 0.500. The largest absolute Gasteiger partial charge is 0.337 e. The topological polar surface area (TPSA) is 46.3 Å². The monoisotopic (exact) mass is 300 g/mol. The number of amides is 1. The van der Waals surface area contributed by atoms with E-state index in [0.29, 0.717) is 23.1 Å². The van der Waals surface area contributed by atoms with Crippen LogP contribution in [0, 0.1) is 5.92 Å². The molecule has 0 saturated carbocycles. The third kappa shape index (κ3) is 3.04. The average Bonchev–Trinajstić information content (AvgIpc) is 2.36. The fourth-order valence-corrected chi connectivity index (χ4v) is 2.86. The molecule has 0 bridgehead atoms. The molecule has 1 aliphatic heterocycles. The Morgan fingerprint density at radius 3 is 2.68 bits per heavy atom. The molecule has 1 aliphatic rings. The molecule has 104 valence electrons. The van der Waals surface area contributed by atoms with Crippen molar-refractivity contribution < 1.29 is 4.79 Å². The molecule has 1 heterocycles. The van der Waals surface area contributed by atoms with Gasteiger partial charge in [0.05, 0.1) is 6.04 Å². The standard InChI is InChI=1S/C14H18Cl2N2O/c1-8(2)13(17)14(19)18-4-3-9-5-10(15)6-12(16)11(9)7-18/h5-6,8,13H,3-4,7,17H2,1-2H3/t13-/m0/s1. The second-order valence-corrected chi connectivity index (χ2v) is 6.15. The molecule has 0 aromatic heterocycles. The maximum absolute atomic E-state index is 12.3. The smallest absolute Gasteiger partial charge is 0.240 e. The summed E-state index contributed by atoms with van der Waals surface area (Å²) in [5.74, 6) is 0.126. The predicted octanol–water partition coefficient (Wildman–Crippen LogP) is 2.86. The summed E-state index contributed by atoms with van der Waals surface area (Å²) in [4.78, 5) is 14.0. The van der Waals surface area contributed by atoms with Crippen LogP contribution < -0.4 is 5.73 Å². The first-order valence-electron chi connectivity index (χ1n) is 6.41. The number of rotatable bonds is 2. The Morgan fingerprint density at radius 2 is 2.05 bits per heavy atom. The van der Waals surface area contributed by atoms with E-state index >= 15 is 0 Å². The fourth-order valence-electron chi connectivity index (χ4n) is 2.27. The van der Waals surface area contributed by atoms with Gasteiger partial charge in [-0.2, -0.15) is 0 Å². The Kier molecular flexibility index (Phi) is 4.39. The summed E-state index contributed by atoms with van der Waals surface area (Å²) in [6.07, 6.45) is 0.770. The maximum Gasteiger partial charge on any atom is 0.240 e. The molecule has 0 saturated heterocycles. The summed E-state index contributed by atoms with van der Waals surface area (Å²) >= 11 is 12.2. The summed E-state index contributed by atoms with van der Waals surface area (Å²) in [6.45, 7) is 5.09. The predicted molar refractivity (Wildman–Crippen MR) is 78.4 cm³/mol. The highest BCUT2D eigenvalue weighted by atomic mass is 35.5. The van der Waals surface area contributed by atoms with Gasteiger partial charge in [-0.3, -0.25) is 4.79 Å². The lowest BCUT2D eigenvalue weighted by molar-refractivity contribution is -0.134. The number of hydrogen-bond donors (Lipinski definition) is 1. The first kappa shape index (κ1) is 14.6. The van der Waals surface area contributed by atoms with Crippen LogP contribution in [0.3, 0.4) is 0 Å². The van der Waals surface area contributed by atoms with Crippen molar-refractivity contribution in [3.8, 4) is 0 Å². The Labute approximate surface area is 123 Å². The minimum Gasteiger partial charge on any atom is -0.337 e. The van der Waals surface area contributed by atoms with Crippen molar-refractivity contribution in [3.63, 3.8) is 0 Å². The van der Waals surface area contributed by atoms with E-state index < -0.39 is 6.04 Å². The number of nitrogens with zero attached hydrogens (tertiary/aromatic N) is 1. The molecule has 0 spiro atoms. The van der Waals surface area contributed by atoms with Crippen molar-refractivity contribution in [1.29, 1.82) is 0 Å². The number of fused-ring (bicyclic) bond motifs is 1. The van der Waals surface area contributed by atoms with Crippen molar-refractivity contribution >= 4 is 29.1 Å². The van der Waals surface area contributed by atoms with Crippen LogP contribution in [0.15, 0.2) is 12.1 Å². The van der Waals surface area contributed by atoms with Crippen LogP contribution in [0.1, 0.15) is 25.0 Å². The Morgan fingerprint density at radius 1 is 1.37 bits per heavy atom. The molecular formula is C14H18Cl2N2O. The third-order valence-electron chi connectivity index (χ3n) is 3.57. The van der Waals surface area contributed by atoms with Crippen LogP contribution in [-0.2, 0) is 17.8 Å². The molecular weight excluding hydrogens is 283 g/mol. The number of hydrogen-bond acceptors (Lipinski definition) is 2. The third-order valence-corrected chi connectivity index (χ3v) is 4.12. The quantitative estimate of drug-likeness (QED) is 0.913. The van der Waals surface area contributed by atoms with Crippen molar-refractivity contribution in [1.82, 2.24) is 4.90 Å². The second kappa shape index (κ2) is 5.70. The number of halogens is 2. The lowest BCUT2D eigenvalue weighted by atomic mass is 9.97. The number of benzene rings is 1.